The van der Waals surface area contributed by atoms with Gasteiger partial charge in [-0.1, -0.05) is 6.07 Å². The molecule has 0 unspecified atom stereocenters. The highest BCUT2D eigenvalue weighted by molar-refractivity contribution is 7.22. The van der Waals surface area contributed by atoms with Gasteiger partial charge in [0, 0.05) is 5.69 Å². The first kappa shape index (κ1) is 17.1. The number of carbonyl (C=O) groups is 2. The van der Waals surface area contributed by atoms with Gasteiger partial charge in [0.1, 0.15) is 15.6 Å². The van der Waals surface area contributed by atoms with Crippen LogP contribution in [0.4, 0.5) is 5.69 Å². The maximum atomic E-state index is 12.5. The molecule has 6 nitrogen and oxygen atoms in total. The van der Waals surface area contributed by atoms with E-state index in [1.807, 2.05) is 24.4 Å². The van der Waals surface area contributed by atoms with E-state index in [1.54, 1.807) is 35.6 Å². The van der Waals surface area contributed by atoms with Crippen LogP contribution in [-0.4, -0.2) is 23.4 Å². The topological polar surface area (TPSA) is 94.3 Å². The molecule has 0 spiro atoms. The number of aromatic nitrogens is 1. The number of nitrogens with two attached hydrogens (primary N) is 1. The molecule has 0 atom stereocenters. The Labute approximate surface area is 152 Å². The van der Waals surface area contributed by atoms with Crippen LogP contribution < -0.4 is 15.8 Å². The van der Waals surface area contributed by atoms with Gasteiger partial charge in [-0.2, -0.15) is 0 Å². The van der Waals surface area contributed by atoms with Gasteiger partial charge < -0.3 is 15.8 Å². The zero-order valence-electron chi connectivity index (χ0n) is 13.3. The summed E-state index contributed by atoms with van der Waals surface area (Å²) >= 11 is 2.96. The first-order valence-corrected chi connectivity index (χ1v) is 9.06. The zero-order valence-corrected chi connectivity index (χ0v) is 14.9. The average molecular weight is 373 g/mol. The van der Waals surface area contributed by atoms with Crippen molar-refractivity contribution in [3.63, 3.8) is 0 Å². The predicted octanol–water partition coefficient (Wildman–Crippen LogP) is 3.30. The van der Waals surface area contributed by atoms with Crippen molar-refractivity contribution in [3.8, 4) is 15.6 Å². The second kappa shape index (κ2) is 7.45. The molecule has 1 aromatic carbocycles. The van der Waals surface area contributed by atoms with E-state index < -0.39 is 5.91 Å². The minimum Gasteiger partial charge on any atom is -0.484 e. The second-order valence-corrected chi connectivity index (χ2v) is 7.09. The maximum absolute atomic E-state index is 12.5. The number of nitrogens with one attached hydrogen (secondary N) is 1. The summed E-state index contributed by atoms with van der Waals surface area (Å²) in [7, 11) is 0. The van der Waals surface area contributed by atoms with Crippen molar-refractivity contribution in [3.05, 3.63) is 52.3 Å². The SMILES string of the molecule is Cc1nc(-c2cccs2)sc1C(=O)Nc1ccc(OCC(N)=O)cc1. The highest BCUT2D eigenvalue weighted by Crippen LogP contribution is 2.31. The van der Waals surface area contributed by atoms with Crippen LogP contribution >= 0.6 is 22.7 Å². The minimum atomic E-state index is -0.542. The van der Waals surface area contributed by atoms with Gasteiger partial charge in [-0.05, 0) is 42.6 Å². The molecule has 2 aromatic heterocycles. The van der Waals surface area contributed by atoms with Gasteiger partial charge in [0.05, 0.1) is 10.6 Å². The first-order valence-electron chi connectivity index (χ1n) is 7.37. The highest BCUT2D eigenvalue weighted by atomic mass is 32.1. The summed E-state index contributed by atoms with van der Waals surface area (Å²) in [5, 5.41) is 5.66. The normalized spacial score (nSPS) is 10.4. The molecule has 0 aliphatic rings. The molecule has 0 radical (unpaired) electrons. The van der Waals surface area contributed by atoms with Gasteiger partial charge in [0.15, 0.2) is 6.61 Å². The Bertz CT molecular complexity index is 887. The summed E-state index contributed by atoms with van der Waals surface area (Å²) < 4.78 is 5.18. The molecule has 3 rings (SSSR count). The van der Waals surface area contributed by atoms with Crippen LogP contribution in [0.15, 0.2) is 41.8 Å². The molecule has 2 amide bonds. The number of thiophene rings is 1. The number of ether oxygens (including phenoxy) is 1. The molecule has 2 heterocycles. The smallest absolute Gasteiger partial charge is 0.267 e. The van der Waals surface area contributed by atoms with Crippen molar-refractivity contribution in [2.45, 2.75) is 6.92 Å². The maximum Gasteiger partial charge on any atom is 0.267 e. The van der Waals surface area contributed by atoms with E-state index in [1.165, 1.54) is 11.3 Å². The summed E-state index contributed by atoms with van der Waals surface area (Å²) in [6, 6.07) is 10.7. The predicted molar refractivity (Wildman–Crippen MR) is 99.2 cm³/mol. The number of benzene rings is 1. The number of hydrogen-bond acceptors (Lipinski definition) is 6. The number of hydrogen-bond donors (Lipinski definition) is 2. The summed E-state index contributed by atoms with van der Waals surface area (Å²) in [5.74, 6) is -0.242. The van der Waals surface area contributed by atoms with Crippen LogP contribution in [0.1, 0.15) is 15.4 Å². The monoisotopic (exact) mass is 373 g/mol. The number of carbonyl (C=O) groups excluding carboxylic acids is 2. The lowest BCUT2D eigenvalue weighted by molar-refractivity contribution is -0.119. The zero-order chi connectivity index (χ0) is 17.8. The highest BCUT2D eigenvalue weighted by Gasteiger charge is 2.17. The molecule has 8 heteroatoms. The molecule has 0 saturated carbocycles. The fraction of sp³-hybridized carbons (Fsp3) is 0.118. The molecule has 128 valence electrons. The Morgan fingerprint density at radius 3 is 2.64 bits per heavy atom. The van der Waals surface area contributed by atoms with Crippen LogP contribution in [0, 0.1) is 6.92 Å². The molecule has 0 saturated heterocycles. The van der Waals surface area contributed by atoms with Gasteiger partial charge in [-0.25, -0.2) is 4.98 Å². The van der Waals surface area contributed by atoms with Crippen molar-refractivity contribution in [2.75, 3.05) is 11.9 Å². The number of thiazole rings is 1. The Morgan fingerprint density at radius 2 is 2.00 bits per heavy atom. The third-order valence-electron chi connectivity index (χ3n) is 3.23. The number of aryl methyl sites for hydroxylation is 1. The lowest BCUT2D eigenvalue weighted by Gasteiger charge is -2.06. The number of rotatable bonds is 6. The third kappa shape index (κ3) is 4.23. The quantitative estimate of drug-likeness (QED) is 0.693. The number of amides is 2. The van der Waals surface area contributed by atoms with Crippen molar-refractivity contribution < 1.29 is 14.3 Å². The second-order valence-electron chi connectivity index (χ2n) is 5.14. The molecule has 0 aliphatic heterocycles. The third-order valence-corrected chi connectivity index (χ3v) is 5.42. The van der Waals surface area contributed by atoms with Gasteiger partial charge in [0.2, 0.25) is 0 Å². The van der Waals surface area contributed by atoms with Crippen molar-refractivity contribution >= 4 is 40.2 Å². The minimum absolute atomic E-state index is 0.183. The molecular weight excluding hydrogens is 358 g/mol. The fourth-order valence-electron chi connectivity index (χ4n) is 2.09. The van der Waals surface area contributed by atoms with E-state index in [2.05, 4.69) is 10.3 Å². The van der Waals surface area contributed by atoms with Crippen LogP contribution in [0.5, 0.6) is 5.75 Å². The lowest BCUT2D eigenvalue weighted by atomic mass is 10.3. The van der Waals surface area contributed by atoms with Gasteiger partial charge >= 0.3 is 0 Å². The van der Waals surface area contributed by atoms with E-state index in [0.717, 1.165) is 9.88 Å². The summed E-state index contributed by atoms with van der Waals surface area (Å²) in [5.41, 5.74) is 6.35. The van der Waals surface area contributed by atoms with Crippen molar-refractivity contribution in [2.24, 2.45) is 5.73 Å². The Kier molecular flexibility index (Phi) is 5.11. The van der Waals surface area contributed by atoms with Crippen LogP contribution in [-0.2, 0) is 4.79 Å². The Morgan fingerprint density at radius 1 is 1.24 bits per heavy atom. The average Bonchev–Trinajstić information content (AvgIpc) is 3.23. The fourth-order valence-corrected chi connectivity index (χ4v) is 3.85. The molecule has 0 bridgehead atoms. The van der Waals surface area contributed by atoms with Gasteiger partial charge in [0.25, 0.3) is 11.8 Å². The van der Waals surface area contributed by atoms with E-state index in [0.29, 0.717) is 22.0 Å². The van der Waals surface area contributed by atoms with Gasteiger partial charge in [-0.15, -0.1) is 22.7 Å². The Hall–Kier alpha value is -2.71. The first-order chi connectivity index (χ1) is 12.0. The van der Waals surface area contributed by atoms with Crippen molar-refractivity contribution in [1.29, 1.82) is 0 Å². The Balaban J connectivity index is 1.69. The van der Waals surface area contributed by atoms with Crippen LogP contribution in [0.2, 0.25) is 0 Å². The lowest BCUT2D eigenvalue weighted by Crippen LogP contribution is -2.20. The summed E-state index contributed by atoms with van der Waals surface area (Å²) in [4.78, 5) is 29.3. The van der Waals surface area contributed by atoms with Gasteiger partial charge in [-0.3, -0.25) is 9.59 Å². The summed E-state index contributed by atoms with van der Waals surface area (Å²) in [6.45, 7) is 1.64. The molecular formula is C17H15N3O3S2. The van der Waals surface area contributed by atoms with E-state index in [-0.39, 0.29) is 12.5 Å². The molecule has 3 aromatic rings. The largest absolute Gasteiger partial charge is 0.484 e. The van der Waals surface area contributed by atoms with Crippen molar-refractivity contribution in [1.82, 2.24) is 4.98 Å². The summed E-state index contributed by atoms with van der Waals surface area (Å²) in [6.07, 6.45) is 0. The molecule has 3 N–H and O–H groups in total. The number of nitrogens with zero attached hydrogens (tertiary/aromatic N) is 1. The van der Waals surface area contributed by atoms with E-state index in [4.69, 9.17) is 10.5 Å². The van der Waals surface area contributed by atoms with Crippen LogP contribution in [0.25, 0.3) is 9.88 Å². The number of anilines is 1. The van der Waals surface area contributed by atoms with Crippen LogP contribution in [0.3, 0.4) is 0 Å². The van der Waals surface area contributed by atoms with E-state index >= 15 is 0 Å². The molecule has 25 heavy (non-hydrogen) atoms. The molecule has 0 fully saturated rings. The number of primary amides is 1. The van der Waals surface area contributed by atoms with E-state index in [9.17, 15) is 9.59 Å². The standard InChI is InChI=1S/C17H15N3O3S2/c1-10-15(25-17(19-10)13-3-2-8-24-13)16(22)20-11-4-6-12(7-5-11)23-9-14(18)21/h2-8H,9H2,1H3,(H2,18,21)(H,20,22). The molecule has 0 aliphatic carbocycles.